The first kappa shape index (κ1) is 12.1. The van der Waals surface area contributed by atoms with Crippen LogP contribution in [0.1, 0.15) is 56.3 Å². The molecule has 90 valence electrons. The fraction of sp³-hybridized carbons (Fsp3) is 0.769. The van der Waals surface area contributed by atoms with Crippen molar-refractivity contribution in [2.24, 2.45) is 5.92 Å². The van der Waals surface area contributed by atoms with Crippen LogP contribution in [0.25, 0.3) is 0 Å². The van der Waals surface area contributed by atoms with Crippen molar-refractivity contribution in [1.82, 2.24) is 10.3 Å². The predicted molar refractivity (Wildman–Crippen MR) is 69.8 cm³/mol. The summed E-state index contributed by atoms with van der Waals surface area (Å²) in [4.78, 5) is 4.55. The molecule has 1 aliphatic carbocycles. The summed E-state index contributed by atoms with van der Waals surface area (Å²) in [5.74, 6) is 0.886. The van der Waals surface area contributed by atoms with Gasteiger partial charge >= 0.3 is 0 Å². The van der Waals surface area contributed by atoms with E-state index in [1.54, 1.807) is 11.3 Å². The van der Waals surface area contributed by atoms with Crippen molar-refractivity contribution < 1.29 is 0 Å². The largest absolute Gasteiger partial charge is 0.305 e. The Bertz CT molecular complexity index is 334. The Morgan fingerprint density at radius 2 is 2.31 bits per heavy atom. The number of hydrogen-bond donors (Lipinski definition) is 1. The normalized spacial score (nSPS) is 27.9. The standard InChI is InChI=1S/C13H22N2S/c1-9-5-4-6-12(7-9)15-11(3)13-14-10(2)8-16-13/h8-9,11-12,15H,4-7H2,1-3H3. The summed E-state index contributed by atoms with van der Waals surface area (Å²) >= 11 is 1.77. The van der Waals surface area contributed by atoms with Crippen LogP contribution in [0.4, 0.5) is 0 Å². The smallest absolute Gasteiger partial charge is 0.110 e. The van der Waals surface area contributed by atoms with Gasteiger partial charge in [-0.05, 0) is 32.6 Å². The average Bonchev–Trinajstić information content (AvgIpc) is 2.65. The second-order valence-electron chi connectivity index (χ2n) is 5.18. The Balaban J connectivity index is 1.89. The number of hydrogen-bond acceptors (Lipinski definition) is 3. The van der Waals surface area contributed by atoms with E-state index >= 15 is 0 Å². The van der Waals surface area contributed by atoms with Crippen molar-refractivity contribution in [3.8, 4) is 0 Å². The highest BCUT2D eigenvalue weighted by Gasteiger charge is 2.21. The first-order valence-corrected chi connectivity index (χ1v) is 7.21. The predicted octanol–water partition coefficient (Wildman–Crippen LogP) is 3.68. The monoisotopic (exact) mass is 238 g/mol. The lowest BCUT2D eigenvalue weighted by Crippen LogP contribution is -2.35. The quantitative estimate of drug-likeness (QED) is 0.869. The third-order valence-electron chi connectivity index (χ3n) is 3.43. The van der Waals surface area contributed by atoms with Gasteiger partial charge < -0.3 is 5.32 Å². The van der Waals surface area contributed by atoms with Crippen molar-refractivity contribution in [3.05, 3.63) is 16.1 Å². The Hall–Kier alpha value is -0.410. The van der Waals surface area contributed by atoms with Crippen molar-refractivity contribution >= 4 is 11.3 Å². The average molecular weight is 238 g/mol. The number of nitrogens with zero attached hydrogens (tertiary/aromatic N) is 1. The molecule has 2 nitrogen and oxygen atoms in total. The molecule has 0 amide bonds. The Morgan fingerprint density at radius 3 is 2.94 bits per heavy atom. The van der Waals surface area contributed by atoms with Crippen LogP contribution in [0, 0.1) is 12.8 Å². The molecule has 0 spiro atoms. The van der Waals surface area contributed by atoms with Gasteiger partial charge in [0.15, 0.2) is 0 Å². The van der Waals surface area contributed by atoms with E-state index < -0.39 is 0 Å². The lowest BCUT2D eigenvalue weighted by Gasteiger charge is -2.29. The molecule has 3 atom stereocenters. The van der Waals surface area contributed by atoms with Gasteiger partial charge in [0.25, 0.3) is 0 Å². The topological polar surface area (TPSA) is 24.9 Å². The van der Waals surface area contributed by atoms with Crippen molar-refractivity contribution in [2.45, 2.75) is 58.5 Å². The van der Waals surface area contributed by atoms with Crippen LogP contribution in [0.15, 0.2) is 5.38 Å². The van der Waals surface area contributed by atoms with E-state index in [0.717, 1.165) is 11.6 Å². The highest BCUT2D eigenvalue weighted by Crippen LogP contribution is 2.26. The molecule has 3 unspecified atom stereocenters. The van der Waals surface area contributed by atoms with Gasteiger partial charge in [-0.2, -0.15) is 0 Å². The summed E-state index contributed by atoms with van der Waals surface area (Å²) < 4.78 is 0. The van der Waals surface area contributed by atoms with Crippen LogP contribution in [0.2, 0.25) is 0 Å². The van der Waals surface area contributed by atoms with Crippen LogP contribution >= 0.6 is 11.3 Å². The zero-order valence-corrected chi connectivity index (χ0v) is 11.3. The minimum atomic E-state index is 0.411. The van der Waals surface area contributed by atoms with Gasteiger partial charge in [-0.15, -0.1) is 11.3 Å². The molecule has 0 radical (unpaired) electrons. The number of rotatable bonds is 3. The summed E-state index contributed by atoms with van der Waals surface area (Å²) in [5.41, 5.74) is 1.14. The van der Waals surface area contributed by atoms with Crippen LogP contribution in [0.3, 0.4) is 0 Å². The minimum absolute atomic E-state index is 0.411. The third kappa shape index (κ3) is 3.05. The molecule has 1 aromatic heterocycles. The van der Waals surface area contributed by atoms with E-state index in [-0.39, 0.29) is 0 Å². The summed E-state index contributed by atoms with van der Waals surface area (Å²) in [6.45, 7) is 6.67. The fourth-order valence-electron chi connectivity index (χ4n) is 2.58. The maximum absolute atomic E-state index is 4.55. The molecule has 1 aliphatic rings. The van der Waals surface area contributed by atoms with E-state index in [4.69, 9.17) is 0 Å². The summed E-state index contributed by atoms with van der Waals surface area (Å²) in [6.07, 6.45) is 5.44. The highest BCUT2D eigenvalue weighted by molar-refractivity contribution is 7.09. The van der Waals surface area contributed by atoms with Crippen molar-refractivity contribution in [1.29, 1.82) is 0 Å². The van der Waals surface area contributed by atoms with Crippen LogP contribution in [0.5, 0.6) is 0 Å². The maximum Gasteiger partial charge on any atom is 0.110 e. The molecular formula is C13H22N2S. The second-order valence-corrected chi connectivity index (χ2v) is 6.07. The van der Waals surface area contributed by atoms with Gasteiger partial charge in [-0.3, -0.25) is 0 Å². The van der Waals surface area contributed by atoms with Gasteiger partial charge in [0.05, 0.1) is 6.04 Å². The third-order valence-corrected chi connectivity index (χ3v) is 4.57. The number of aromatic nitrogens is 1. The second kappa shape index (κ2) is 5.28. The Labute approximate surface area is 102 Å². The van der Waals surface area contributed by atoms with Gasteiger partial charge in [0.1, 0.15) is 5.01 Å². The van der Waals surface area contributed by atoms with Crippen molar-refractivity contribution in [2.75, 3.05) is 0 Å². The van der Waals surface area contributed by atoms with Gasteiger partial charge in [0.2, 0.25) is 0 Å². The molecule has 0 bridgehead atoms. The van der Waals surface area contributed by atoms with E-state index in [1.807, 2.05) is 0 Å². The van der Waals surface area contributed by atoms with E-state index in [1.165, 1.54) is 30.7 Å². The number of aryl methyl sites for hydroxylation is 1. The van der Waals surface area contributed by atoms with Crippen LogP contribution in [-0.4, -0.2) is 11.0 Å². The molecule has 1 N–H and O–H groups in total. The maximum atomic E-state index is 4.55. The van der Waals surface area contributed by atoms with Gasteiger partial charge in [-0.1, -0.05) is 19.8 Å². The summed E-state index contributed by atoms with van der Waals surface area (Å²) in [6, 6.07) is 1.11. The first-order valence-electron chi connectivity index (χ1n) is 6.33. The molecule has 0 aromatic carbocycles. The number of nitrogens with one attached hydrogen (secondary N) is 1. The van der Waals surface area contributed by atoms with Gasteiger partial charge in [0, 0.05) is 17.1 Å². The fourth-order valence-corrected chi connectivity index (χ4v) is 3.39. The molecule has 1 aromatic rings. The van der Waals surface area contributed by atoms with E-state index in [0.29, 0.717) is 12.1 Å². The molecule has 0 saturated heterocycles. The lowest BCUT2D eigenvalue weighted by molar-refractivity contribution is 0.285. The first-order chi connectivity index (χ1) is 7.65. The summed E-state index contributed by atoms with van der Waals surface area (Å²) in [5, 5.41) is 7.09. The molecule has 0 aliphatic heterocycles. The minimum Gasteiger partial charge on any atom is -0.305 e. The van der Waals surface area contributed by atoms with Gasteiger partial charge in [-0.25, -0.2) is 4.98 Å². The van der Waals surface area contributed by atoms with Crippen molar-refractivity contribution in [3.63, 3.8) is 0 Å². The zero-order valence-electron chi connectivity index (χ0n) is 10.5. The molecule has 16 heavy (non-hydrogen) atoms. The molecular weight excluding hydrogens is 216 g/mol. The Morgan fingerprint density at radius 1 is 1.50 bits per heavy atom. The SMILES string of the molecule is Cc1csc(C(C)NC2CCCC(C)C2)n1. The van der Waals surface area contributed by atoms with E-state index in [2.05, 4.69) is 36.5 Å². The van der Waals surface area contributed by atoms with E-state index in [9.17, 15) is 0 Å². The van der Waals surface area contributed by atoms with Crippen LogP contribution in [-0.2, 0) is 0 Å². The number of thiazole rings is 1. The molecule has 1 saturated carbocycles. The molecule has 3 heteroatoms. The van der Waals surface area contributed by atoms with Crippen LogP contribution < -0.4 is 5.32 Å². The zero-order chi connectivity index (χ0) is 11.5. The summed E-state index contributed by atoms with van der Waals surface area (Å²) in [7, 11) is 0. The molecule has 1 fully saturated rings. The molecule has 1 heterocycles. The molecule has 2 rings (SSSR count). The highest BCUT2D eigenvalue weighted by atomic mass is 32.1. The Kier molecular flexibility index (Phi) is 3.98. The lowest BCUT2D eigenvalue weighted by atomic mass is 9.87.